The molecule has 3 rings (SSSR count). The van der Waals surface area contributed by atoms with E-state index in [0.717, 1.165) is 15.1 Å². The number of aryl methyl sites for hydroxylation is 1. The van der Waals surface area contributed by atoms with Gasteiger partial charge >= 0.3 is 0 Å². The molecule has 20 heavy (non-hydrogen) atoms. The topological polar surface area (TPSA) is 17.8 Å². The lowest BCUT2D eigenvalue weighted by molar-refractivity contribution is 0.620. The Morgan fingerprint density at radius 1 is 1.40 bits per heavy atom. The van der Waals surface area contributed by atoms with E-state index in [4.69, 9.17) is 11.6 Å². The third-order valence-corrected chi connectivity index (χ3v) is 5.02. The number of hydrogen-bond acceptors (Lipinski definition) is 2. The molecule has 104 valence electrons. The van der Waals surface area contributed by atoms with Crippen molar-refractivity contribution in [3.8, 4) is 0 Å². The molecule has 3 aromatic rings. The lowest BCUT2D eigenvalue weighted by Crippen LogP contribution is -2.02. The van der Waals surface area contributed by atoms with Gasteiger partial charge in [-0.15, -0.1) is 22.9 Å². The lowest BCUT2D eigenvalue weighted by Gasteiger charge is -2.06. The Hall–Kier alpha value is -0.910. The summed E-state index contributed by atoms with van der Waals surface area (Å²) in [7, 11) is 0. The first-order chi connectivity index (χ1) is 9.58. The SMILES string of the molecule is Cc1cc2c(cc1F)nc(CCl)n2Cc1ccc(Br)s1. The largest absolute Gasteiger partial charge is 0.322 e. The van der Waals surface area contributed by atoms with Crippen LogP contribution in [0, 0.1) is 12.7 Å². The summed E-state index contributed by atoms with van der Waals surface area (Å²) < 4.78 is 16.8. The van der Waals surface area contributed by atoms with Gasteiger partial charge in [0.2, 0.25) is 0 Å². The molecule has 2 heterocycles. The molecule has 6 heteroatoms. The minimum Gasteiger partial charge on any atom is -0.322 e. The molecule has 0 N–H and O–H groups in total. The number of thiophene rings is 1. The summed E-state index contributed by atoms with van der Waals surface area (Å²) in [5.74, 6) is 0.834. The number of aromatic nitrogens is 2. The van der Waals surface area contributed by atoms with Gasteiger partial charge in [-0.25, -0.2) is 9.37 Å². The molecule has 0 bridgehead atoms. The van der Waals surface area contributed by atoms with Crippen LogP contribution in [0.25, 0.3) is 11.0 Å². The third-order valence-electron chi connectivity index (χ3n) is 3.17. The number of hydrogen-bond donors (Lipinski definition) is 0. The van der Waals surface area contributed by atoms with Crippen molar-refractivity contribution in [2.45, 2.75) is 19.3 Å². The number of alkyl halides is 1. The average molecular weight is 374 g/mol. The summed E-state index contributed by atoms with van der Waals surface area (Å²) in [6, 6.07) is 7.39. The van der Waals surface area contributed by atoms with Crippen LogP contribution in [0.5, 0.6) is 0 Å². The van der Waals surface area contributed by atoms with Crippen molar-refractivity contribution in [2.24, 2.45) is 0 Å². The molecular weight excluding hydrogens is 363 g/mol. The predicted octanol–water partition coefficient (Wildman–Crippen LogP) is 5.09. The van der Waals surface area contributed by atoms with Crippen LogP contribution in [-0.2, 0) is 12.4 Å². The Kier molecular flexibility index (Phi) is 3.84. The van der Waals surface area contributed by atoms with Crippen molar-refractivity contribution >= 4 is 49.9 Å². The zero-order valence-corrected chi connectivity index (χ0v) is 13.8. The number of nitrogens with zero attached hydrogens (tertiary/aromatic N) is 2. The van der Waals surface area contributed by atoms with Crippen molar-refractivity contribution < 1.29 is 4.39 Å². The molecule has 0 aliphatic rings. The quantitative estimate of drug-likeness (QED) is 0.584. The van der Waals surface area contributed by atoms with Crippen molar-refractivity contribution in [3.63, 3.8) is 0 Å². The van der Waals surface area contributed by atoms with Gasteiger partial charge in [0.15, 0.2) is 0 Å². The second kappa shape index (κ2) is 5.47. The van der Waals surface area contributed by atoms with Crippen LogP contribution in [-0.4, -0.2) is 9.55 Å². The van der Waals surface area contributed by atoms with Crippen LogP contribution in [0.3, 0.4) is 0 Å². The first-order valence-electron chi connectivity index (χ1n) is 6.04. The van der Waals surface area contributed by atoms with Gasteiger partial charge in [0, 0.05) is 10.9 Å². The second-order valence-corrected chi connectivity index (χ2v) is 7.36. The Morgan fingerprint density at radius 3 is 2.85 bits per heavy atom. The molecule has 2 nitrogen and oxygen atoms in total. The van der Waals surface area contributed by atoms with Crippen molar-refractivity contribution in [1.82, 2.24) is 9.55 Å². The van der Waals surface area contributed by atoms with E-state index in [-0.39, 0.29) is 5.82 Å². The Morgan fingerprint density at radius 2 is 2.20 bits per heavy atom. The lowest BCUT2D eigenvalue weighted by atomic mass is 10.2. The normalized spacial score (nSPS) is 11.4. The third kappa shape index (κ3) is 2.50. The fourth-order valence-electron chi connectivity index (χ4n) is 2.17. The maximum absolute atomic E-state index is 13.6. The van der Waals surface area contributed by atoms with Gasteiger partial charge in [-0.3, -0.25) is 0 Å². The van der Waals surface area contributed by atoms with Gasteiger partial charge in [0.05, 0.1) is 27.2 Å². The minimum atomic E-state index is -0.234. The molecule has 0 saturated carbocycles. The maximum Gasteiger partial charge on any atom is 0.128 e. The fraction of sp³-hybridized carbons (Fsp3) is 0.214. The molecule has 0 aliphatic heterocycles. The standard InChI is InChI=1S/C14H11BrClFN2S/c1-8-4-12-11(5-10(8)17)18-14(6-16)19(12)7-9-2-3-13(15)20-9/h2-5H,6-7H2,1H3. The number of halogens is 3. The molecule has 0 atom stereocenters. The van der Waals surface area contributed by atoms with E-state index in [1.807, 2.05) is 16.7 Å². The van der Waals surface area contributed by atoms with E-state index in [0.29, 0.717) is 23.5 Å². The van der Waals surface area contributed by atoms with Gasteiger partial charge in [0.1, 0.15) is 11.6 Å². The number of benzene rings is 1. The van der Waals surface area contributed by atoms with Crippen LogP contribution in [0.15, 0.2) is 28.1 Å². The number of fused-ring (bicyclic) bond motifs is 1. The highest BCUT2D eigenvalue weighted by molar-refractivity contribution is 9.11. The molecule has 0 fully saturated rings. The maximum atomic E-state index is 13.6. The number of imidazole rings is 1. The Labute approximate surface area is 133 Å². The average Bonchev–Trinajstić information content (AvgIpc) is 2.96. The highest BCUT2D eigenvalue weighted by atomic mass is 79.9. The molecule has 2 aromatic heterocycles. The van der Waals surface area contributed by atoms with Crippen molar-refractivity contribution in [3.05, 3.63) is 50.1 Å². The summed E-state index contributed by atoms with van der Waals surface area (Å²) >= 11 is 11.1. The van der Waals surface area contributed by atoms with E-state index < -0.39 is 0 Å². The van der Waals surface area contributed by atoms with E-state index in [1.54, 1.807) is 18.3 Å². The summed E-state index contributed by atoms with van der Waals surface area (Å²) in [5, 5.41) is 0. The summed E-state index contributed by atoms with van der Waals surface area (Å²) in [5.41, 5.74) is 2.19. The molecule has 0 spiro atoms. The van der Waals surface area contributed by atoms with Crippen LogP contribution in [0.2, 0.25) is 0 Å². The molecule has 0 aliphatic carbocycles. The zero-order chi connectivity index (χ0) is 14.3. The van der Waals surface area contributed by atoms with Crippen LogP contribution in [0.1, 0.15) is 16.3 Å². The summed E-state index contributed by atoms with van der Waals surface area (Å²) in [6.07, 6.45) is 0. The molecule has 0 unspecified atom stereocenters. The van der Waals surface area contributed by atoms with Gasteiger partial charge < -0.3 is 4.57 Å². The first-order valence-corrected chi connectivity index (χ1v) is 8.18. The molecule has 1 aromatic carbocycles. The van der Waals surface area contributed by atoms with E-state index in [9.17, 15) is 4.39 Å². The van der Waals surface area contributed by atoms with Crippen LogP contribution >= 0.6 is 38.9 Å². The minimum absolute atomic E-state index is 0.234. The van der Waals surface area contributed by atoms with Gasteiger partial charge in [-0.1, -0.05) is 0 Å². The van der Waals surface area contributed by atoms with Crippen molar-refractivity contribution in [1.29, 1.82) is 0 Å². The van der Waals surface area contributed by atoms with Gasteiger partial charge in [-0.05, 0) is 46.6 Å². The summed E-state index contributed by atoms with van der Waals surface area (Å²) in [6.45, 7) is 2.45. The van der Waals surface area contributed by atoms with Crippen molar-refractivity contribution in [2.75, 3.05) is 0 Å². The molecular formula is C14H11BrClFN2S. The predicted molar refractivity (Wildman–Crippen MR) is 85.1 cm³/mol. The molecule has 0 saturated heterocycles. The second-order valence-electron chi connectivity index (χ2n) is 4.54. The smallest absolute Gasteiger partial charge is 0.128 e. The Bertz CT molecular complexity index is 781. The zero-order valence-electron chi connectivity index (χ0n) is 10.7. The van der Waals surface area contributed by atoms with E-state index >= 15 is 0 Å². The van der Waals surface area contributed by atoms with E-state index in [2.05, 4.69) is 27.0 Å². The highest BCUT2D eigenvalue weighted by Crippen LogP contribution is 2.26. The Balaban J connectivity index is 2.14. The fourth-order valence-corrected chi connectivity index (χ4v) is 3.85. The molecule has 0 radical (unpaired) electrons. The van der Waals surface area contributed by atoms with Gasteiger partial charge in [0.25, 0.3) is 0 Å². The van der Waals surface area contributed by atoms with Crippen LogP contribution < -0.4 is 0 Å². The van der Waals surface area contributed by atoms with E-state index in [1.165, 1.54) is 10.9 Å². The van der Waals surface area contributed by atoms with Gasteiger partial charge in [-0.2, -0.15) is 0 Å². The highest BCUT2D eigenvalue weighted by Gasteiger charge is 2.13. The molecule has 0 amide bonds. The first kappa shape index (κ1) is 14.0. The monoisotopic (exact) mass is 372 g/mol. The summed E-state index contributed by atoms with van der Waals surface area (Å²) in [4.78, 5) is 5.62. The number of rotatable bonds is 3. The van der Waals surface area contributed by atoms with Crippen LogP contribution in [0.4, 0.5) is 4.39 Å².